The SMILES string of the molecule is COCCn1c(C(C)(C)C)c[n+]2c1N=C1C2C(=O)N(C)C(=O)N1C. The Kier molecular flexibility index (Phi) is 3.75. The van der Waals surface area contributed by atoms with Crippen molar-refractivity contribution in [2.75, 3.05) is 27.8 Å². The van der Waals surface area contributed by atoms with Crippen LogP contribution in [0.15, 0.2) is 11.2 Å². The second kappa shape index (κ2) is 5.41. The number of hydrogen-bond donors (Lipinski definition) is 0. The first kappa shape index (κ1) is 16.6. The number of imide groups is 1. The van der Waals surface area contributed by atoms with Crippen molar-refractivity contribution in [2.24, 2.45) is 4.99 Å². The molecule has 3 rings (SSSR count). The first-order valence-corrected chi connectivity index (χ1v) is 7.96. The van der Waals surface area contributed by atoms with Gasteiger partial charge in [-0.1, -0.05) is 25.8 Å². The highest BCUT2D eigenvalue weighted by molar-refractivity contribution is 6.18. The molecule has 0 N–H and O–H groups in total. The zero-order chi connectivity index (χ0) is 17.8. The number of aliphatic imine (C=N–C) groups is 1. The number of ether oxygens (including phenoxy) is 1. The molecular formula is C16H24N5O3+. The molecule has 2 aliphatic heterocycles. The topological polar surface area (TPSA) is 71.0 Å². The van der Waals surface area contributed by atoms with Gasteiger partial charge < -0.3 is 4.74 Å². The number of carbonyl (C=O) groups excluding carboxylic acids is 2. The van der Waals surface area contributed by atoms with E-state index in [1.54, 1.807) is 14.2 Å². The summed E-state index contributed by atoms with van der Waals surface area (Å²) in [4.78, 5) is 32.0. The average molecular weight is 334 g/mol. The second-order valence-corrected chi connectivity index (χ2v) is 7.23. The summed E-state index contributed by atoms with van der Waals surface area (Å²) in [6, 6.07) is -0.946. The number of nitrogens with zero attached hydrogens (tertiary/aromatic N) is 5. The molecule has 0 aliphatic carbocycles. The first-order chi connectivity index (χ1) is 11.2. The summed E-state index contributed by atoms with van der Waals surface area (Å²) < 4.78 is 9.16. The molecule has 2 aliphatic rings. The molecule has 1 atom stereocenters. The highest BCUT2D eigenvalue weighted by atomic mass is 16.5. The molecule has 8 heteroatoms. The zero-order valence-corrected chi connectivity index (χ0v) is 15.0. The third-order valence-electron chi connectivity index (χ3n) is 4.53. The van der Waals surface area contributed by atoms with Crippen molar-refractivity contribution < 1.29 is 18.9 Å². The molecule has 3 amide bonds. The van der Waals surface area contributed by atoms with Gasteiger partial charge in [-0.3, -0.25) is 14.6 Å². The first-order valence-electron chi connectivity index (χ1n) is 7.96. The van der Waals surface area contributed by atoms with Crippen LogP contribution in [-0.2, 0) is 21.5 Å². The van der Waals surface area contributed by atoms with E-state index in [1.165, 1.54) is 11.9 Å². The number of fused-ring (bicyclic) bond motifs is 3. The molecule has 8 nitrogen and oxygen atoms in total. The van der Waals surface area contributed by atoms with Gasteiger partial charge in [0.15, 0.2) is 0 Å². The maximum atomic E-state index is 12.7. The minimum absolute atomic E-state index is 0.105. The van der Waals surface area contributed by atoms with E-state index in [1.807, 2.05) is 10.8 Å². The maximum Gasteiger partial charge on any atom is 0.402 e. The highest BCUT2D eigenvalue weighted by Gasteiger charge is 2.52. The quantitative estimate of drug-likeness (QED) is 0.769. The third-order valence-corrected chi connectivity index (χ3v) is 4.53. The monoisotopic (exact) mass is 334 g/mol. The third kappa shape index (κ3) is 2.24. The molecule has 130 valence electrons. The molecule has 0 bridgehead atoms. The van der Waals surface area contributed by atoms with E-state index in [0.29, 0.717) is 24.9 Å². The van der Waals surface area contributed by atoms with Crippen molar-refractivity contribution >= 4 is 23.7 Å². The van der Waals surface area contributed by atoms with E-state index >= 15 is 0 Å². The van der Waals surface area contributed by atoms with E-state index < -0.39 is 6.04 Å². The van der Waals surface area contributed by atoms with Gasteiger partial charge in [0.25, 0.3) is 5.91 Å². The Balaban J connectivity index is 2.16. The Hall–Kier alpha value is -2.22. The van der Waals surface area contributed by atoms with Crippen molar-refractivity contribution in [2.45, 2.75) is 38.8 Å². The number of aromatic nitrogens is 2. The Bertz CT molecular complexity index is 744. The molecule has 1 fully saturated rings. The average Bonchev–Trinajstić information content (AvgIpc) is 3.04. The number of methoxy groups -OCH3 is 1. The van der Waals surface area contributed by atoms with Gasteiger partial charge in [-0.05, 0) is 0 Å². The Labute approximate surface area is 141 Å². The standard InChI is InChI=1S/C16H24N5O3/c1-16(2,3)10-9-21-11-12(17-14(21)20(10)7-8-24-6)18(4)15(23)19(5)13(11)22/h9,11H,7-8H2,1-6H3/q+1. The molecule has 1 aromatic rings. The molecule has 1 unspecified atom stereocenters. The largest absolute Gasteiger partial charge is 0.402 e. The van der Waals surface area contributed by atoms with Gasteiger partial charge in [-0.15, -0.1) is 0 Å². The van der Waals surface area contributed by atoms with Crippen LogP contribution in [0.4, 0.5) is 10.7 Å². The van der Waals surface area contributed by atoms with Gasteiger partial charge in [0, 0.05) is 26.6 Å². The van der Waals surface area contributed by atoms with E-state index in [2.05, 4.69) is 30.3 Å². The van der Waals surface area contributed by atoms with Gasteiger partial charge in [0.1, 0.15) is 11.9 Å². The lowest BCUT2D eigenvalue weighted by molar-refractivity contribution is -0.677. The van der Waals surface area contributed by atoms with Crippen LogP contribution in [0.2, 0.25) is 0 Å². The summed E-state index contributed by atoms with van der Waals surface area (Å²) in [5.41, 5.74) is 0.971. The van der Waals surface area contributed by atoms with Crippen LogP contribution in [0, 0.1) is 0 Å². The van der Waals surface area contributed by atoms with Crippen LogP contribution >= 0.6 is 0 Å². The Morgan fingerprint density at radius 3 is 2.50 bits per heavy atom. The van der Waals surface area contributed by atoms with Gasteiger partial charge in [-0.25, -0.2) is 13.9 Å². The molecule has 0 aromatic carbocycles. The summed E-state index contributed by atoms with van der Waals surface area (Å²) in [5, 5.41) is 0. The molecule has 0 spiro atoms. The van der Waals surface area contributed by atoms with E-state index in [0.717, 1.165) is 10.6 Å². The maximum absolute atomic E-state index is 12.7. The van der Waals surface area contributed by atoms with Crippen molar-refractivity contribution in [3.8, 4) is 0 Å². The van der Waals surface area contributed by atoms with Crippen LogP contribution in [-0.4, -0.2) is 60.0 Å². The summed E-state index contributed by atoms with van der Waals surface area (Å²) in [6.07, 6.45) is 1.97. The fraction of sp³-hybridized carbons (Fsp3) is 0.625. The molecule has 1 aromatic heterocycles. The zero-order valence-electron chi connectivity index (χ0n) is 15.0. The Morgan fingerprint density at radius 1 is 1.25 bits per heavy atom. The summed E-state index contributed by atoms with van der Waals surface area (Å²) in [6.45, 7) is 7.54. The highest BCUT2D eigenvalue weighted by Crippen LogP contribution is 2.32. The number of urea groups is 1. The molecular weight excluding hydrogens is 310 g/mol. The van der Waals surface area contributed by atoms with Gasteiger partial charge in [-0.2, -0.15) is 0 Å². The van der Waals surface area contributed by atoms with Crippen LogP contribution in [0.25, 0.3) is 0 Å². The van der Waals surface area contributed by atoms with E-state index in [-0.39, 0.29) is 17.4 Å². The molecule has 24 heavy (non-hydrogen) atoms. The number of amidine groups is 1. The minimum atomic E-state index is -0.586. The number of hydrogen-bond acceptors (Lipinski definition) is 4. The smallest absolute Gasteiger partial charge is 0.381 e. The van der Waals surface area contributed by atoms with Gasteiger partial charge in [0.2, 0.25) is 11.9 Å². The number of rotatable bonds is 3. The van der Waals surface area contributed by atoms with E-state index in [4.69, 9.17) is 4.74 Å². The Morgan fingerprint density at radius 2 is 1.92 bits per heavy atom. The fourth-order valence-electron chi connectivity index (χ4n) is 3.19. The van der Waals surface area contributed by atoms with Crippen LogP contribution in [0.5, 0.6) is 0 Å². The molecule has 1 saturated heterocycles. The molecule has 3 heterocycles. The summed E-state index contributed by atoms with van der Waals surface area (Å²) in [7, 11) is 4.81. The van der Waals surface area contributed by atoms with Crippen molar-refractivity contribution in [1.82, 2.24) is 14.4 Å². The van der Waals surface area contributed by atoms with Crippen molar-refractivity contribution in [3.63, 3.8) is 0 Å². The van der Waals surface area contributed by atoms with Crippen molar-refractivity contribution in [1.29, 1.82) is 0 Å². The van der Waals surface area contributed by atoms with E-state index in [9.17, 15) is 9.59 Å². The predicted octanol–water partition coefficient (Wildman–Crippen LogP) is 0.828. The van der Waals surface area contributed by atoms with Crippen molar-refractivity contribution in [3.05, 3.63) is 11.9 Å². The number of likely N-dealkylation sites (N-methyl/N-ethyl adjacent to an activating group) is 2. The lowest BCUT2D eigenvalue weighted by Crippen LogP contribution is -2.61. The lowest BCUT2D eigenvalue weighted by atomic mass is 9.92. The van der Waals surface area contributed by atoms with Gasteiger partial charge in [0.05, 0.1) is 13.2 Å². The van der Waals surface area contributed by atoms with Crippen LogP contribution in [0.3, 0.4) is 0 Å². The number of carbonyl (C=O) groups is 2. The summed E-state index contributed by atoms with van der Waals surface area (Å²) in [5.74, 6) is 0.898. The number of imidazole rings is 1. The van der Waals surface area contributed by atoms with Crippen LogP contribution < -0.4 is 4.57 Å². The lowest BCUT2D eigenvalue weighted by Gasteiger charge is -2.30. The minimum Gasteiger partial charge on any atom is -0.381 e. The normalized spacial score (nSPS) is 20.4. The summed E-state index contributed by atoms with van der Waals surface area (Å²) >= 11 is 0. The van der Waals surface area contributed by atoms with Gasteiger partial charge >= 0.3 is 12.0 Å². The molecule has 0 radical (unpaired) electrons. The molecule has 0 saturated carbocycles. The van der Waals surface area contributed by atoms with Crippen LogP contribution in [0.1, 0.15) is 32.5 Å². The predicted molar refractivity (Wildman–Crippen MR) is 87.3 cm³/mol. The fourth-order valence-corrected chi connectivity index (χ4v) is 3.19. The second-order valence-electron chi connectivity index (χ2n) is 7.23. The number of amides is 3.